The van der Waals surface area contributed by atoms with Gasteiger partial charge in [0, 0.05) is 27.7 Å². The number of carbonyl (C=O) groups excluding carboxylic acids is 2. The molecule has 1 unspecified atom stereocenters. The van der Waals surface area contributed by atoms with Crippen molar-refractivity contribution in [3.8, 4) is 0 Å². The number of halogens is 2. The molecule has 0 saturated heterocycles. The molecule has 0 bridgehead atoms. The molecule has 0 aromatic heterocycles. The monoisotopic (exact) mass is 407 g/mol. The van der Waals surface area contributed by atoms with Crippen molar-refractivity contribution in [1.29, 1.82) is 0 Å². The van der Waals surface area contributed by atoms with Crippen molar-refractivity contribution in [1.82, 2.24) is 0 Å². The summed E-state index contributed by atoms with van der Waals surface area (Å²) >= 11 is 11.9. The first kappa shape index (κ1) is 19.7. The third-order valence-electron chi connectivity index (χ3n) is 4.77. The Bertz CT molecular complexity index is 837. The lowest BCUT2D eigenvalue weighted by atomic mass is 9.98. The molecule has 1 heterocycles. The normalized spacial score (nSPS) is 16.9. The van der Waals surface area contributed by atoms with Crippen LogP contribution in [0.5, 0.6) is 0 Å². The number of benzene rings is 2. The number of amides is 1. The fourth-order valence-corrected chi connectivity index (χ4v) is 3.99. The van der Waals surface area contributed by atoms with E-state index in [0.717, 1.165) is 17.9 Å². The van der Waals surface area contributed by atoms with E-state index in [1.807, 2.05) is 12.1 Å². The molecule has 0 spiro atoms. The van der Waals surface area contributed by atoms with E-state index < -0.39 is 6.04 Å². The van der Waals surface area contributed by atoms with Crippen LogP contribution in [0, 0.1) is 0 Å². The van der Waals surface area contributed by atoms with Crippen molar-refractivity contribution in [2.24, 2.45) is 0 Å². The third kappa shape index (κ3) is 5.01. The van der Waals surface area contributed by atoms with Crippen molar-refractivity contribution in [3.05, 3.63) is 63.6 Å². The van der Waals surface area contributed by atoms with Gasteiger partial charge in [0.2, 0.25) is 5.91 Å². The molecule has 2 aromatic rings. The molecule has 1 aliphatic rings. The zero-order chi connectivity index (χ0) is 19.4. The van der Waals surface area contributed by atoms with E-state index in [1.165, 1.54) is 18.2 Å². The Morgan fingerprint density at radius 3 is 2.48 bits per heavy atom. The molecule has 27 heavy (non-hydrogen) atoms. The lowest BCUT2D eigenvalue weighted by Gasteiger charge is -2.30. The number of methoxy groups -OCH3 is 1. The fourth-order valence-electron chi connectivity index (χ4n) is 3.46. The van der Waals surface area contributed by atoms with Crippen molar-refractivity contribution in [2.45, 2.75) is 25.4 Å². The van der Waals surface area contributed by atoms with E-state index in [9.17, 15) is 9.59 Å². The molecule has 142 valence electrons. The number of quaternary nitrogens is 1. The molecule has 0 saturated carbocycles. The smallest absolute Gasteiger partial charge is 0.365 e. The number of hydrogen-bond acceptors (Lipinski definition) is 3. The standard InChI is InChI=1S/C20H20Cl2N2O3/c1-27-20(26)18(24-7-6-13-4-2-3-5-14(13)12-24)11-19(25)23-17-9-15(21)8-16(22)10-17/h2-5,8-10,18H,6-7,11-12H2,1H3,(H,23,25)/p+1/t18-/m1/s1. The molecule has 5 nitrogen and oxygen atoms in total. The van der Waals surface area contributed by atoms with Gasteiger partial charge in [-0.05, 0) is 23.8 Å². The predicted octanol–water partition coefficient (Wildman–Crippen LogP) is 2.50. The number of nitrogens with one attached hydrogen (secondary N) is 2. The minimum absolute atomic E-state index is 0.0221. The highest BCUT2D eigenvalue weighted by Gasteiger charge is 2.35. The maximum Gasteiger partial charge on any atom is 0.365 e. The molecular weight excluding hydrogens is 387 g/mol. The number of hydrogen-bond donors (Lipinski definition) is 2. The Morgan fingerprint density at radius 1 is 1.15 bits per heavy atom. The van der Waals surface area contributed by atoms with Crippen LogP contribution in [0.1, 0.15) is 17.5 Å². The van der Waals surface area contributed by atoms with Crippen molar-refractivity contribution < 1.29 is 19.2 Å². The number of ether oxygens (including phenoxy) is 1. The van der Waals surface area contributed by atoms with Crippen molar-refractivity contribution in [3.63, 3.8) is 0 Å². The van der Waals surface area contributed by atoms with E-state index in [-0.39, 0.29) is 18.3 Å². The van der Waals surface area contributed by atoms with Gasteiger partial charge in [-0.15, -0.1) is 0 Å². The van der Waals surface area contributed by atoms with E-state index >= 15 is 0 Å². The van der Waals surface area contributed by atoms with E-state index in [0.29, 0.717) is 22.3 Å². The largest absolute Gasteiger partial charge is 0.465 e. The second kappa shape index (κ2) is 8.74. The second-order valence-corrected chi connectivity index (χ2v) is 7.46. The van der Waals surface area contributed by atoms with Crippen LogP contribution in [0.2, 0.25) is 10.0 Å². The molecule has 3 rings (SSSR count). The summed E-state index contributed by atoms with van der Waals surface area (Å²) in [5.74, 6) is -0.668. The Kier molecular flexibility index (Phi) is 6.37. The summed E-state index contributed by atoms with van der Waals surface area (Å²) < 4.78 is 4.96. The molecular formula is C20H21Cl2N2O3+. The highest BCUT2D eigenvalue weighted by molar-refractivity contribution is 6.35. The quantitative estimate of drug-likeness (QED) is 0.748. The van der Waals surface area contributed by atoms with Crippen LogP contribution in [0.3, 0.4) is 0 Å². The van der Waals surface area contributed by atoms with Gasteiger partial charge in [0.05, 0.1) is 20.1 Å². The second-order valence-electron chi connectivity index (χ2n) is 6.59. The van der Waals surface area contributed by atoms with Crippen molar-refractivity contribution in [2.75, 3.05) is 19.0 Å². The van der Waals surface area contributed by atoms with Gasteiger partial charge >= 0.3 is 5.97 Å². The van der Waals surface area contributed by atoms with Crippen LogP contribution < -0.4 is 10.2 Å². The summed E-state index contributed by atoms with van der Waals surface area (Å²) in [6.45, 7) is 1.46. The van der Waals surface area contributed by atoms with Crippen LogP contribution in [-0.2, 0) is 27.3 Å². The maximum absolute atomic E-state index is 12.5. The van der Waals surface area contributed by atoms with Gasteiger partial charge in [-0.2, -0.15) is 0 Å². The summed E-state index contributed by atoms with van der Waals surface area (Å²) in [5, 5.41) is 3.62. The minimum atomic E-state index is -0.571. The average molecular weight is 408 g/mol. The summed E-state index contributed by atoms with van der Waals surface area (Å²) in [6.07, 6.45) is 0.888. The van der Waals surface area contributed by atoms with Crippen molar-refractivity contribution >= 4 is 40.8 Å². The lowest BCUT2D eigenvalue weighted by molar-refractivity contribution is -0.931. The number of carbonyl (C=O) groups is 2. The number of fused-ring (bicyclic) bond motifs is 1. The Morgan fingerprint density at radius 2 is 1.81 bits per heavy atom. The molecule has 2 N–H and O–H groups in total. The lowest BCUT2D eigenvalue weighted by Crippen LogP contribution is -3.16. The maximum atomic E-state index is 12.5. The average Bonchev–Trinajstić information content (AvgIpc) is 2.64. The third-order valence-corrected chi connectivity index (χ3v) is 5.20. The summed E-state index contributed by atoms with van der Waals surface area (Å²) in [6, 6.07) is 12.4. The SMILES string of the molecule is COC(=O)[C@@H](CC(=O)Nc1cc(Cl)cc(Cl)c1)[NH+]1CCc2ccccc2C1. The molecule has 2 atom stereocenters. The van der Waals surface area contributed by atoms with E-state index in [4.69, 9.17) is 27.9 Å². The van der Waals surface area contributed by atoms with Gasteiger partial charge in [-0.1, -0.05) is 47.5 Å². The predicted molar refractivity (Wildman–Crippen MR) is 105 cm³/mol. The van der Waals surface area contributed by atoms with Gasteiger partial charge in [-0.3, -0.25) is 4.79 Å². The van der Waals surface area contributed by atoms with Gasteiger partial charge in [0.1, 0.15) is 6.54 Å². The van der Waals surface area contributed by atoms with Crippen LogP contribution in [0.15, 0.2) is 42.5 Å². The molecule has 1 amide bonds. The molecule has 0 fully saturated rings. The number of rotatable bonds is 5. The van der Waals surface area contributed by atoms with E-state index in [2.05, 4.69) is 17.4 Å². The highest BCUT2D eigenvalue weighted by atomic mass is 35.5. The first-order valence-electron chi connectivity index (χ1n) is 8.71. The fraction of sp³-hybridized carbons (Fsp3) is 0.300. The van der Waals surface area contributed by atoms with Crippen LogP contribution in [-0.4, -0.2) is 31.6 Å². The topological polar surface area (TPSA) is 59.8 Å². The van der Waals surface area contributed by atoms with E-state index in [1.54, 1.807) is 18.2 Å². The first-order chi connectivity index (χ1) is 13.0. The van der Waals surface area contributed by atoms with Gasteiger partial charge < -0.3 is 15.0 Å². The molecule has 2 aromatic carbocycles. The molecule has 0 radical (unpaired) electrons. The minimum Gasteiger partial charge on any atom is -0.465 e. The van der Waals surface area contributed by atoms with Gasteiger partial charge in [0.25, 0.3) is 0 Å². The Hall–Kier alpha value is -2.08. The molecule has 0 aliphatic carbocycles. The van der Waals surface area contributed by atoms with Crippen LogP contribution in [0.4, 0.5) is 5.69 Å². The summed E-state index contributed by atoms with van der Waals surface area (Å²) in [5.41, 5.74) is 3.00. The molecule has 1 aliphatic heterocycles. The number of anilines is 1. The number of esters is 1. The van der Waals surface area contributed by atoms with Crippen LogP contribution in [0.25, 0.3) is 0 Å². The first-order valence-corrected chi connectivity index (χ1v) is 9.47. The van der Waals surface area contributed by atoms with Gasteiger partial charge in [-0.25, -0.2) is 4.79 Å². The van der Waals surface area contributed by atoms with Gasteiger partial charge in [0.15, 0.2) is 6.04 Å². The molecule has 7 heteroatoms. The summed E-state index contributed by atoms with van der Waals surface area (Å²) in [7, 11) is 1.35. The highest BCUT2D eigenvalue weighted by Crippen LogP contribution is 2.22. The zero-order valence-electron chi connectivity index (χ0n) is 14.9. The Labute approximate surface area is 168 Å². The summed E-state index contributed by atoms with van der Waals surface area (Å²) in [4.78, 5) is 25.9. The Balaban J connectivity index is 1.72. The zero-order valence-corrected chi connectivity index (χ0v) is 16.4. The van der Waals surface area contributed by atoms with Crippen LogP contribution >= 0.6 is 23.2 Å².